The molecule has 3 rings (SSSR count). The minimum absolute atomic E-state index is 0.0117. The molecule has 0 aliphatic heterocycles. The molecule has 0 saturated heterocycles. The molecular weight excluding hydrogens is 335 g/mol. The topological polar surface area (TPSA) is 83.6 Å². The summed E-state index contributed by atoms with van der Waals surface area (Å²) in [4.78, 5) is 19.6. The smallest absolute Gasteiger partial charge is 0.338 e. The second-order valence-corrected chi connectivity index (χ2v) is 5.69. The summed E-state index contributed by atoms with van der Waals surface area (Å²) in [5.41, 5.74) is -1.54. The van der Waals surface area contributed by atoms with Gasteiger partial charge in [-0.3, -0.25) is 9.89 Å². The summed E-state index contributed by atoms with van der Waals surface area (Å²) >= 11 is 5.95. The fourth-order valence-electron chi connectivity index (χ4n) is 2.12. The number of amides is 1. The molecule has 1 amide bonds. The number of hydrogen-bond donors (Lipinski definition) is 2. The number of alkyl halides is 3. The van der Waals surface area contributed by atoms with Gasteiger partial charge in [-0.15, -0.1) is 0 Å². The average Bonchev–Trinajstić information content (AvgIpc) is 3.19. The van der Waals surface area contributed by atoms with E-state index in [-0.39, 0.29) is 16.5 Å². The van der Waals surface area contributed by atoms with Crippen molar-refractivity contribution in [2.24, 2.45) is 0 Å². The van der Waals surface area contributed by atoms with E-state index in [0.717, 1.165) is 12.3 Å². The molecule has 2 aromatic rings. The number of halogens is 4. The molecule has 1 saturated carbocycles. The maximum Gasteiger partial charge on any atom is 0.433 e. The van der Waals surface area contributed by atoms with Crippen LogP contribution in [0.1, 0.15) is 40.5 Å². The van der Waals surface area contributed by atoms with Gasteiger partial charge >= 0.3 is 6.18 Å². The predicted molar refractivity (Wildman–Crippen MR) is 73.7 cm³/mol. The minimum atomic E-state index is -4.57. The van der Waals surface area contributed by atoms with Gasteiger partial charge in [-0.25, -0.2) is 9.97 Å². The maximum absolute atomic E-state index is 12.8. The van der Waals surface area contributed by atoms with E-state index in [1.165, 1.54) is 0 Å². The minimum Gasteiger partial charge on any atom is -0.338 e. The Kier molecular flexibility index (Phi) is 3.55. The van der Waals surface area contributed by atoms with Crippen molar-refractivity contribution in [3.8, 4) is 0 Å². The Bertz CT molecular complexity index is 769. The lowest BCUT2D eigenvalue weighted by molar-refractivity contribution is -0.141. The zero-order valence-electron chi connectivity index (χ0n) is 11.8. The first-order valence-corrected chi connectivity index (χ1v) is 7.04. The summed E-state index contributed by atoms with van der Waals surface area (Å²) in [5, 5.41) is 9.16. The molecule has 1 aliphatic rings. The molecule has 1 fully saturated rings. The van der Waals surface area contributed by atoms with Crippen molar-refractivity contribution in [1.82, 2.24) is 25.5 Å². The van der Waals surface area contributed by atoms with Gasteiger partial charge in [-0.1, -0.05) is 11.6 Å². The van der Waals surface area contributed by atoms with E-state index in [0.29, 0.717) is 18.5 Å². The van der Waals surface area contributed by atoms with Gasteiger partial charge in [0.15, 0.2) is 11.5 Å². The van der Waals surface area contributed by atoms with Gasteiger partial charge in [0.1, 0.15) is 11.2 Å². The van der Waals surface area contributed by atoms with Gasteiger partial charge in [0.25, 0.3) is 5.91 Å². The van der Waals surface area contributed by atoms with Crippen LogP contribution in [0.4, 0.5) is 13.2 Å². The molecule has 0 radical (unpaired) electrons. The zero-order chi connectivity index (χ0) is 16.8. The first-order chi connectivity index (χ1) is 10.7. The second-order valence-electron chi connectivity index (χ2n) is 5.31. The Morgan fingerprint density at radius 1 is 1.43 bits per heavy atom. The highest BCUT2D eigenvalue weighted by Crippen LogP contribution is 2.44. The molecule has 2 N–H and O–H groups in total. The van der Waals surface area contributed by atoms with Gasteiger partial charge in [-0.2, -0.15) is 18.3 Å². The van der Waals surface area contributed by atoms with Crippen LogP contribution in [-0.4, -0.2) is 26.1 Å². The highest BCUT2D eigenvalue weighted by Gasteiger charge is 2.50. The molecular formula is C13H11ClF3N5O. The van der Waals surface area contributed by atoms with Crippen molar-refractivity contribution in [3.05, 3.63) is 40.2 Å². The van der Waals surface area contributed by atoms with E-state index in [1.807, 2.05) is 0 Å². The normalized spacial score (nSPS) is 16.2. The van der Waals surface area contributed by atoms with Crippen molar-refractivity contribution in [2.75, 3.05) is 0 Å². The molecule has 122 valence electrons. The monoisotopic (exact) mass is 345 g/mol. The lowest BCUT2D eigenvalue weighted by Gasteiger charge is -2.16. The highest BCUT2D eigenvalue weighted by molar-refractivity contribution is 6.34. The van der Waals surface area contributed by atoms with Crippen LogP contribution in [0.15, 0.2) is 12.3 Å². The molecule has 1 aliphatic carbocycles. The second kappa shape index (κ2) is 5.19. The number of aromatic nitrogens is 4. The van der Waals surface area contributed by atoms with Gasteiger partial charge in [0.05, 0.1) is 10.7 Å². The Morgan fingerprint density at radius 2 is 2.13 bits per heavy atom. The van der Waals surface area contributed by atoms with E-state index in [4.69, 9.17) is 11.6 Å². The SMILES string of the molecule is Cc1[nH]nc(C(=O)NC2(c3nccc(C(F)(F)F)n3)CC2)c1Cl. The molecule has 0 bridgehead atoms. The van der Waals surface area contributed by atoms with Crippen LogP contribution in [0, 0.1) is 6.92 Å². The summed E-state index contributed by atoms with van der Waals surface area (Å²) in [6.07, 6.45) is -2.65. The Labute approximate surface area is 133 Å². The molecule has 0 spiro atoms. The summed E-state index contributed by atoms with van der Waals surface area (Å²) in [5.74, 6) is -0.651. The predicted octanol–water partition coefficient (Wildman–Crippen LogP) is 2.60. The Balaban J connectivity index is 1.86. The molecule has 2 heterocycles. The van der Waals surface area contributed by atoms with Crippen LogP contribution in [0.2, 0.25) is 5.02 Å². The van der Waals surface area contributed by atoms with Crippen molar-refractivity contribution < 1.29 is 18.0 Å². The fourth-order valence-corrected chi connectivity index (χ4v) is 2.29. The molecule has 10 heteroatoms. The van der Waals surface area contributed by atoms with Crippen molar-refractivity contribution in [2.45, 2.75) is 31.5 Å². The standard InChI is InChI=1S/C13H11ClF3N5O/c1-6-8(14)9(22-21-6)10(23)20-12(3-4-12)11-18-5-2-7(19-11)13(15,16)17/h2,5H,3-4H2,1H3,(H,20,23)(H,21,22). The number of nitrogens with zero attached hydrogens (tertiary/aromatic N) is 3. The number of carbonyl (C=O) groups is 1. The Hall–Kier alpha value is -2.16. The van der Waals surface area contributed by atoms with Crippen LogP contribution in [0.25, 0.3) is 0 Å². The van der Waals surface area contributed by atoms with Crippen molar-refractivity contribution in [1.29, 1.82) is 0 Å². The van der Waals surface area contributed by atoms with Crippen LogP contribution in [-0.2, 0) is 11.7 Å². The van der Waals surface area contributed by atoms with Crippen LogP contribution in [0.3, 0.4) is 0 Å². The van der Waals surface area contributed by atoms with E-state index < -0.39 is 23.3 Å². The van der Waals surface area contributed by atoms with E-state index >= 15 is 0 Å². The van der Waals surface area contributed by atoms with Gasteiger partial charge in [0.2, 0.25) is 0 Å². The Morgan fingerprint density at radius 3 is 2.65 bits per heavy atom. The zero-order valence-corrected chi connectivity index (χ0v) is 12.6. The number of aryl methyl sites for hydroxylation is 1. The third-order valence-corrected chi connectivity index (χ3v) is 4.03. The molecule has 23 heavy (non-hydrogen) atoms. The van der Waals surface area contributed by atoms with Gasteiger partial charge < -0.3 is 5.32 Å². The highest BCUT2D eigenvalue weighted by atomic mass is 35.5. The molecule has 6 nitrogen and oxygen atoms in total. The largest absolute Gasteiger partial charge is 0.433 e. The lowest BCUT2D eigenvalue weighted by atomic mass is 10.2. The summed E-state index contributed by atoms with van der Waals surface area (Å²) in [6.45, 7) is 1.65. The summed E-state index contributed by atoms with van der Waals surface area (Å²) in [7, 11) is 0. The lowest BCUT2D eigenvalue weighted by Crippen LogP contribution is -2.37. The van der Waals surface area contributed by atoms with E-state index in [9.17, 15) is 18.0 Å². The third kappa shape index (κ3) is 2.88. The molecule has 0 aromatic carbocycles. The van der Waals surface area contributed by atoms with Crippen molar-refractivity contribution >= 4 is 17.5 Å². The average molecular weight is 346 g/mol. The first-order valence-electron chi connectivity index (χ1n) is 6.67. The fraction of sp³-hybridized carbons (Fsp3) is 0.385. The van der Waals surface area contributed by atoms with E-state index in [2.05, 4.69) is 25.5 Å². The van der Waals surface area contributed by atoms with Crippen molar-refractivity contribution in [3.63, 3.8) is 0 Å². The first kappa shape index (κ1) is 15.7. The third-order valence-electron chi connectivity index (χ3n) is 3.56. The van der Waals surface area contributed by atoms with Crippen LogP contribution < -0.4 is 5.32 Å². The number of nitrogens with one attached hydrogen (secondary N) is 2. The number of hydrogen-bond acceptors (Lipinski definition) is 4. The van der Waals surface area contributed by atoms with E-state index in [1.54, 1.807) is 6.92 Å². The number of rotatable bonds is 3. The van der Waals surface area contributed by atoms with Crippen LogP contribution >= 0.6 is 11.6 Å². The molecule has 2 aromatic heterocycles. The quantitative estimate of drug-likeness (QED) is 0.895. The summed E-state index contributed by atoms with van der Waals surface area (Å²) in [6, 6.07) is 0.787. The number of carbonyl (C=O) groups excluding carboxylic acids is 1. The number of H-pyrrole nitrogens is 1. The van der Waals surface area contributed by atoms with Gasteiger partial charge in [-0.05, 0) is 25.8 Å². The van der Waals surface area contributed by atoms with Crippen LogP contribution in [0.5, 0.6) is 0 Å². The van der Waals surface area contributed by atoms with Gasteiger partial charge in [0, 0.05) is 6.20 Å². The number of aromatic amines is 1. The summed E-state index contributed by atoms with van der Waals surface area (Å²) < 4.78 is 38.3. The molecule has 0 atom stereocenters. The molecule has 0 unspecified atom stereocenters. The maximum atomic E-state index is 12.8.